The lowest BCUT2D eigenvalue weighted by Gasteiger charge is -2.10. The van der Waals surface area contributed by atoms with Crippen LogP contribution < -0.4 is 14.8 Å². The Kier molecular flexibility index (Phi) is 4.40. The Morgan fingerprint density at radius 3 is 2.67 bits per heavy atom. The number of nitrogens with one attached hydrogen (secondary N) is 1. The van der Waals surface area contributed by atoms with E-state index in [4.69, 9.17) is 9.47 Å². The number of methoxy groups -OCH3 is 1. The number of hydrogen-bond acceptors (Lipinski definition) is 4. The fourth-order valence-corrected chi connectivity index (χ4v) is 2.17. The molecule has 1 aliphatic rings. The normalized spacial score (nSPS) is 14.1. The topological polar surface area (TPSA) is 48.3 Å². The molecule has 21 heavy (non-hydrogen) atoms. The average Bonchev–Trinajstić information content (AvgIpc) is 3.25. The van der Waals surface area contributed by atoms with Gasteiger partial charge in [-0.05, 0) is 43.2 Å². The van der Waals surface area contributed by atoms with Crippen LogP contribution in [0.4, 0.5) is 0 Å². The van der Waals surface area contributed by atoms with E-state index in [-0.39, 0.29) is 0 Å². The quantitative estimate of drug-likeness (QED) is 0.809. The number of aromatic nitrogens is 2. The maximum atomic E-state index is 5.73. The predicted octanol–water partition coefficient (Wildman–Crippen LogP) is 2.22. The summed E-state index contributed by atoms with van der Waals surface area (Å²) in [4.78, 5) is 0. The summed E-state index contributed by atoms with van der Waals surface area (Å²) in [5.74, 6) is 1.68. The van der Waals surface area contributed by atoms with Crippen LogP contribution in [-0.2, 0) is 13.1 Å². The number of hydrogen-bond donors (Lipinski definition) is 1. The number of nitrogens with zero attached hydrogens (tertiary/aromatic N) is 2. The second-order valence-electron chi connectivity index (χ2n) is 5.22. The van der Waals surface area contributed by atoms with E-state index in [1.54, 1.807) is 7.11 Å². The first-order valence-corrected chi connectivity index (χ1v) is 7.36. The predicted molar refractivity (Wildman–Crippen MR) is 80.6 cm³/mol. The van der Waals surface area contributed by atoms with E-state index in [0.29, 0.717) is 12.6 Å². The molecule has 3 rings (SSSR count). The van der Waals surface area contributed by atoms with Crippen LogP contribution >= 0.6 is 0 Å². The summed E-state index contributed by atoms with van der Waals surface area (Å²) in [6.07, 6.45) is 4.45. The summed E-state index contributed by atoms with van der Waals surface area (Å²) >= 11 is 0. The first kappa shape index (κ1) is 13.9. The lowest BCUT2D eigenvalue weighted by Crippen LogP contribution is -2.20. The van der Waals surface area contributed by atoms with E-state index in [1.807, 2.05) is 35.1 Å². The van der Waals surface area contributed by atoms with Crippen LogP contribution in [0.5, 0.6) is 11.5 Å². The molecule has 0 unspecified atom stereocenters. The minimum absolute atomic E-state index is 0.602. The Morgan fingerprint density at radius 1 is 1.19 bits per heavy atom. The molecule has 1 aliphatic carbocycles. The SMILES string of the molecule is COc1ccc(OCCn2nccc2CNC2CC2)cc1. The lowest BCUT2D eigenvalue weighted by molar-refractivity contribution is 0.288. The fraction of sp³-hybridized carbons (Fsp3) is 0.438. The first-order chi connectivity index (χ1) is 10.3. The largest absolute Gasteiger partial charge is 0.497 e. The van der Waals surface area contributed by atoms with E-state index in [1.165, 1.54) is 18.5 Å². The van der Waals surface area contributed by atoms with Crippen molar-refractivity contribution in [2.75, 3.05) is 13.7 Å². The van der Waals surface area contributed by atoms with Crippen LogP contribution in [0.1, 0.15) is 18.5 Å². The summed E-state index contributed by atoms with van der Waals surface area (Å²) in [6.45, 7) is 2.23. The van der Waals surface area contributed by atoms with Gasteiger partial charge in [0.15, 0.2) is 0 Å². The molecular weight excluding hydrogens is 266 g/mol. The third-order valence-electron chi connectivity index (χ3n) is 3.58. The first-order valence-electron chi connectivity index (χ1n) is 7.36. The van der Waals surface area contributed by atoms with Crippen molar-refractivity contribution in [3.63, 3.8) is 0 Å². The smallest absolute Gasteiger partial charge is 0.119 e. The van der Waals surface area contributed by atoms with Crippen LogP contribution in [0.15, 0.2) is 36.5 Å². The summed E-state index contributed by atoms with van der Waals surface area (Å²) in [6, 6.07) is 10.4. The van der Waals surface area contributed by atoms with Crippen molar-refractivity contribution in [3.05, 3.63) is 42.2 Å². The second-order valence-corrected chi connectivity index (χ2v) is 5.22. The molecule has 5 heteroatoms. The molecule has 1 saturated carbocycles. The monoisotopic (exact) mass is 287 g/mol. The van der Waals surface area contributed by atoms with Gasteiger partial charge in [0.05, 0.1) is 19.3 Å². The summed E-state index contributed by atoms with van der Waals surface area (Å²) in [5, 5.41) is 7.85. The van der Waals surface area contributed by atoms with E-state index >= 15 is 0 Å². The van der Waals surface area contributed by atoms with Crippen molar-refractivity contribution < 1.29 is 9.47 Å². The fourth-order valence-electron chi connectivity index (χ4n) is 2.17. The van der Waals surface area contributed by atoms with E-state index < -0.39 is 0 Å². The molecule has 2 aromatic rings. The van der Waals surface area contributed by atoms with Gasteiger partial charge in [-0.3, -0.25) is 4.68 Å². The Balaban J connectivity index is 1.46. The second kappa shape index (κ2) is 6.63. The van der Waals surface area contributed by atoms with Crippen molar-refractivity contribution in [1.82, 2.24) is 15.1 Å². The molecule has 0 radical (unpaired) electrons. The molecule has 1 aromatic carbocycles. The molecule has 0 bridgehead atoms. The highest BCUT2D eigenvalue weighted by atomic mass is 16.5. The van der Waals surface area contributed by atoms with Gasteiger partial charge in [0, 0.05) is 18.8 Å². The molecule has 0 aliphatic heterocycles. The highest BCUT2D eigenvalue weighted by molar-refractivity contribution is 5.31. The van der Waals surface area contributed by atoms with Gasteiger partial charge in [-0.1, -0.05) is 0 Å². The van der Waals surface area contributed by atoms with Crippen LogP contribution in [0.3, 0.4) is 0 Å². The molecular formula is C16H21N3O2. The molecule has 5 nitrogen and oxygen atoms in total. The molecule has 1 N–H and O–H groups in total. The van der Waals surface area contributed by atoms with Crippen LogP contribution in [-0.4, -0.2) is 29.5 Å². The van der Waals surface area contributed by atoms with Crippen LogP contribution in [0.2, 0.25) is 0 Å². The number of ether oxygens (including phenoxy) is 2. The van der Waals surface area contributed by atoms with Gasteiger partial charge in [0.25, 0.3) is 0 Å². The van der Waals surface area contributed by atoms with Gasteiger partial charge in [-0.15, -0.1) is 0 Å². The molecule has 0 atom stereocenters. The van der Waals surface area contributed by atoms with Gasteiger partial charge in [-0.25, -0.2) is 0 Å². The molecule has 1 heterocycles. The van der Waals surface area contributed by atoms with Crippen molar-refractivity contribution in [3.8, 4) is 11.5 Å². The van der Waals surface area contributed by atoms with Crippen molar-refractivity contribution in [2.45, 2.75) is 32.0 Å². The summed E-state index contributed by atoms with van der Waals surface area (Å²) < 4.78 is 12.9. The van der Waals surface area contributed by atoms with Gasteiger partial charge < -0.3 is 14.8 Å². The molecule has 1 aromatic heterocycles. The average molecular weight is 287 g/mol. The van der Waals surface area contributed by atoms with Gasteiger partial charge in [0.1, 0.15) is 18.1 Å². The third kappa shape index (κ3) is 3.98. The lowest BCUT2D eigenvalue weighted by atomic mass is 10.3. The number of benzene rings is 1. The Labute approximate surface area is 124 Å². The Bertz CT molecular complexity index is 561. The highest BCUT2D eigenvalue weighted by Crippen LogP contribution is 2.19. The maximum Gasteiger partial charge on any atom is 0.119 e. The Hall–Kier alpha value is -2.01. The molecule has 0 amide bonds. The van der Waals surface area contributed by atoms with E-state index in [0.717, 1.165) is 24.6 Å². The highest BCUT2D eigenvalue weighted by Gasteiger charge is 2.20. The zero-order chi connectivity index (χ0) is 14.5. The van der Waals surface area contributed by atoms with Crippen molar-refractivity contribution in [2.24, 2.45) is 0 Å². The number of rotatable bonds is 8. The zero-order valence-electron chi connectivity index (χ0n) is 12.3. The van der Waals surface area contributed by atoms with Gasteiger partial charge in [-0.2, -0.15) is 5.10 Å². The van der Waals surface area contributed by atoms with Crippen molar-refractivity contribution in [1.29, 1.82) is 0 Å². The summed E-state index contributed by atoms with van der Waals surface area (Å²) in [7, 11) is 1.66. The van der Waals surface area contributed by atoms with E-state index in [9.17, 15) is 0 Å². The minimum atomic E-state index is 0.602. The van der Waals surface area contributed by atoms with Gasteiger partial charge >= 0.3 is 0 Å². The van der Waals surface area contributed by atoms with Crippen LogP contribution in [0.25, 0.3) is 0 Å². The summed E-state index contributed by atoms with van der Waals surface area (Å²) in [5.41, 5.74) is 1.21. The van der Waals surface area contributed by atoms with Gasteiger partial charge in [0.2, 0.25) is 0 Å². The zero-order valence-corrected chi connectivity index (χ0v) is 12.3. The molecule has 112 valence electrons. The third-order valence-corrected chi connectivity index (χ3v) is 3.58. The van der Waals surface area contributed by atoms with Crippen LogP contribution in [0, 0.1) is 0 Å². The molecule has 0 spiro atoms. The minimum Gasteiger partial charge on any atom is -0.497 e. The standard InChI is InChI=1S/C16H21N3O2/c1-20-15-4-6-16(7-5-15)21-11-10-19-14(8-9-18-19)12-17-13-2-3-13/h4-9,13,17H,2-3,10-12H2,1H3. The maximum absolute atomic E-state index is 5.73. The molecule has 0 saturated heterocycles. The molecule has 1 fully saturated rings. The Morgan fingerprint density at radius 2 is 1.95 bits per heavy atom. The van der Waals surface area contributed by atoms with Crippen molar-refractivity contribution >= 4 is 0 Å². The van der Waals surface area contributed by atoms with E-state index in [2.05, 4.69) is 16.5 Å².